The van der Waals surface area contributed by atoms with Gasteiger partial charge in [-0.05, 0) is 56.4 Å². The molecule has 0 saturated carbocycles. The van der Waals surface area contributed by atoms with Crippen LogP contribution >= 0.6 is 0 Å². The average Bonchev–Trinajstić information content (AvgIpc) is 2.68. The van der Waals surface area contributed by atoms with Crippen LogP contribution in [-0.4, -0.2) is 38.7 Å². The zero-order valence-electron chi connectivity index (χ0n) is 16.8. The van der Waals surface area contributed by atoms with E-state index in [4.69, 9.17) is 4.74 Å². The van der Waals surface area contributed by atoms with E-state index in [1.54, 1.807) is 6.08 Å². The third-order valence-corrected chi connectivity index (χ3v) is 4.63. The van der Waals surface area contributed by atoms with Gasteiger partial charge in [0.2, 0.25) is 0 Å². The van der Waals surface area contributed by atoms with Crippen molar-refractivity contribution in [3.05, 3.63) is 54.1 Å². The van der Waals surface area contributed by atoms with Gasteiger partial charge in [-0.25, -0.2) is 4.79 Å². The third kappa shape index (κ3) is 8.39. The van der Waals surface area contributed by atoms with Crippen molar-refractivity contribution in [3.8, 4) is 5.75 Å². The summed E-state index contributed by atoms with van der Waals surface area (Å²) in [6.45, 7) is 5.58. The lowest BCUT2D eigenvalue weighted by atomic mass is 9.97. The number of imide groups is 1. The number of allylic oxidation sites excluding steroid dienone is 1. The summed E-state index contributed by atoms with van der Waals surface area (Å²) in [5, 5.41) is 5.17. The maximum Gasteiger partial charge on any atom is 0.321 e. The van der Waals surface area contributed by atoms with Gasteiger partial charge in [-0.1, -0.05) is 24.3 Å². The van der Waals surface area contributed by atoms with Crippen LogP contribution in [0.2, 0.25) is 0 Å². The molecule has 6 nitrogen and oxygen atoms in total. The molecule has 3 amide bonds. The highest BCUT2D eigenvalue weighted by Gasteiger charge is 2.14. The number of ether oxygens (including phenoxy) is 1. The molecule has 2 rings (SSSR count). The summed E-state index contributed by atoms with van der Waals surface area (Å²) in [6, 6.07) is 7.35. The van der Waals surface area contributed by atoms with Crippen LogP contribution in [0.3, 0.4) is 0 Å². The van der Waals surface area contributed by atoms with Crippen LogP contribution in [-0.2, 0) is 11.3 Å². The monoisotopic (exact) mass is 386 g/mol. The minimum atomic E-state index is -0.419. The summed E-state index contributed by atoms with van der Waals surface area (Å²) in [5.74, 6) is 0.512. The number of carbonyl (C=O) groups is 2. The van der Waals surface area contributed by atoms with Crippen molar-refractivity contribution in [2.75, 3.05) is 26.7 Å². The Kier molecular flexibility index (Phi) is 9.28. The number of quaternary nitrogens is 1. The fourth-order valence-electron chi connectivity index (χ4n) is 3.23. The number of amides is 3. The lowest BCUT2D eigenvalue weighted by molar-refractivity contribution is -0.885. The zero-order chi connectivity index (χ0) is 20.2. The summed E-state index contributed by atoms with van der Waals surface area (Å²) in [6.07, 6.45) is 9.58. The molecule has 1 atom stereocenters. The molecule has 152 valence electrons. The molecule has 0 bridgehead atoms. The number of hydrogen-bond acceptors (Lipinski definition) is 3. The first-order chi connectivity index (χ1) is 13.6. The number of carbonyl (C=O) groups excluding carboxylic acids is 2. The smallest absolute Gasteiger partial charge is 0.321 e. The second-order valence-electron chi connectivity index (χ2n) is 7.22. The molecule has 1 aromatic rings. The molecule has 1 aliphatic rings. The zero-order valence-corrected chi connectivity index (χ0v) is 16.8. The minimum Gasteiger partial charge on any atom is -0.490 e. The van der Waals surface area contributed by atoms with Crippen molar-refractivity contribution in [2.45, 2.75) is 38.6 Å². The third-order valence-electron chi connectivity index (χ3n) is 4.63. The first kappa shape index (κ1) is 21.7. The quantitative estimate of drug-likeness (QED) is 0.539. The van der Waals surface area contributed by atoms with Gasteiger partial charge >= 0.3 is 6.03 Å². The van der Waals surface area contributed by atoms with Crippen molar-refractivity contribution in [3.63, 3.8) is 0 Å². The highest BCUT2D eigenvalue weighted by atomic mass is 16.5. The van der Waals surface area contributed by atoms with Crippen LogP contribution in [0.15, 0.2) is 48.6 Å². The van der Waals surface area contributed by atoms with E-state index in [1.165, 1.54) is 18.4 Å². The van der Waals surface area contributed by atoms with E-state index in [-0.39, 0.29) is 12.5 Å². The second-order valence-corrected chi connectivity index (χ2v) is 7.22. The Morgan fingerprint density at radius 2 is 2.04 bits per heavy atom. The molecule has 1 unspecified atom stereocenters. The molecule has 1 aliphatic carbocycles. The molecule has 0 fully saturated rings. The first-order valence-electron chi connectivity index (χ1n) is 9.96. The van der Waals surface area contributed by atoms with Crippen LogP contribution in [0.4, 0.5) is 4.79 Å². The van der Waals surface area contributed by atoms with Crippen molar-refractivity contribution in [1.82, 2.24) is 10.6 Å². The Morgan fingerprint density at radius 3 is 2.71 bits per heavy atom. The van der Waals surface area contributed by atoms with E-state index < -0.39 is 6.03 Å². The maximum atomic E-state index is 12.1. The van der Waals surface area contributed by atoms with Gasteiger partial charge in [-0.15, -0.1) is 0 Å². The second kappa shape index (κ2) is 12.0. The lowest BCUT2D eigenvalue weighted by Crippen LogP contribution is -3.09. The molecule has 0 radical (unpaired) electrons. The average molecular weight is 387 g/mol. The summed E-state index contributed by atoms with van der Waals surface area (Å²) in [7, 11) is 1.93. The van der Waals surface area contributed by atoms with Crippen LogP contribution in [0.1, 0.15) is 37.7 Å². The van der Waals surface area contributed by atoms with E-state index in [0.29, 0.717) is 19.7 Å². The lowest BCUT2D eigenvalue weighted by Gasteiger charge is -2.15. The number of nitrogens with one attached hydrogen (secondary N) is 3. The molecule has 6 heteroatoms. The van der Waals surface area contributed by atoms with Gasteiger partial charge in [0.1, 0.15) is 18.9 Å². The predicted molar refractivity (Wildman–Crippen MR) is 110 cm³/mol. The van der Waals surface area contributed by atoms with Crippen molar-refractivity contribution >= 4 is 11.9 Å². The SMILES string of the molecule is C=CCOc1ccc(C[NH+](C)CC(=O)NC(=O)NCCC2=CCCCC2)cc1. The molecule has 28 heavy (non-hydrogen) atoms. The van der Waals surface area contributed by atoms with E-state index in [9.17, 15) is 9.59 Å². The van der Waals surface area contributed by atoms with Crippen molar-refractivity contribution in [1.29, 1.82) is 0 Å². The number of hydrogen-bond donors (Lipinski definition) is 3. The normalized spacial score (nSPS) is 14.5. The van der Waals surface area contributed by atoms with Gasteiger partial charge in [0.15, 0.2) is 6.54 Å². The van der Waals surface area contributed by atoms with Crippen molar-refractivity contribution < 1.29 is 19.2 Å². The Hall–Kier alpha value is -2.60. The molecule has 3 N–H and O–H groups in total. The van der Waals surface area contributed by atoms with Gasteiger partial charge < -0.3 is 15.0 Å². The number of likely N-dealkylation sites (N-methyl/N-ethyl adjacent to an activating group) is 1. The number of benzene rings is 1. The molecule has 0 spiro atoms. The standard InChI is InChI=1S/C22H31N3O3/c1-3-15-28-20-11-9-19(10-12-20)16-25(2)17-21(26)24-22(27)23-14-13-18-7-5-4-6-8-18/h3,7,9-12H,1,4-6,8,13-17H2,2H3,(H2,23,24,26,27)/p+1. The molecule has 1 aromatic carbocycles. The van der Waals surface area contributed by atoms with Gasteiger partial charge in [0, 0.05) is 12.1 Å². The minimum absolute atomic E-state index is 0.229. The highest BCUT2D eigenvalue weighted by molar-refractivity contribution is 5.94. The Labute approximate surface area is 167 Å². The number of rotatable bonds is 10. The molecule has 0 aromatic heterocycles. The Morgan fingerprint density at radius 1 is 1.25 bits per heavy atom. The number of urea groups is 1. The van der Waals surface area contributed by atoms with Gasteiger partial charge in [0.25, 0.3) is 5.91 Å². The predicted octanol–water partition coefficient (Wildman–Crippen LogP) is 1.98. The molecule has 0 aliphatic heterocycles. The van der Waals surface area contributed by atoms with E-state index in [1.807, 2.05) is 31.3 Å². The fourth-order valence-corrected chi connectivity index (χ4v) is 3.23. The summed E-state index contributed by atoms with van der Waals surface area (Å²) in [5.41, 5.74) is 2.50. The Bertz CT molecular complexity index is 683. The topological polar surface area (TPSA) is 71.9 Å². The van der Waals surface area contributed by atoms with Crippen LogP contribution < -0.4 is 20.3 Å². The maximum absolute atomic E-state index is 12.1. The molecule has 0 heterocycles. The fraction of sp³-hybridized carbons (Fsp3) is 0.455. The summed E-state index contributed by atoms with van der Waals surface area (Å²) in [4.78, 5) is 24.9. The molecule has 0 saturated heterocycles. The van der Waals surface area contributed by atoms with Crippen LogP contribution in [0, 0.1) is 0 Å². The Balaban J connectivity index is 1.64. The van der Waals surface area contributed by atoms with E-state index in [2.05, 4.69) is 23.3 Å². The van der Waals surface area contributed by atoms with Gasteiger partial charge in [-0.3, -0.25) is 10.1 Å². The van der Waals surface area contributed by atoms with Crippen LogP contribution in [0.5, 0.6) is 5.75 Å². The van der Waals surface area contributed by atoms with E-state index >= 15 is 0 Å². The highest BCUT2D eigenvalue weighted by Crippen LogP contribution is 2.19. The summed E-state index contributed by atoms with van der Waals surface area (Å²) < 4.78 is 5.46. The first-order valence-corrected chi connectivity index (χ1v) is 9.96. The summed E-state index contributed by atoms with van der Waals surface area (Å²) >= 11 is 0. The van der Waals surface area contributed by atoms with Gasteiger partial charge in [-0.2, -0.15) is 0 Å². The van der Waals surface area contributed by atoms with Crippen molar-refractivity contribution in [2.24, 2.45) is 0 Å². The van der Waals surface area contributed by atoms with Crippen LogP contribution in [0.25, 0.3) is 0 Å². The van der Waals surface area contributed by atoms with Gasteiger partial charge in [0.05, 0.1) is 7.05 Å². The van der Waals surface area contributed by atoms with E-state index in [0.717, 1.165) is 35.5 Å². The molecular weight excluding hydrogens is 354 g/mol. The molecular formula is C22H32N3O3+. The largest absolute Gasteiger partial charge is 0.490 e.